The Morgan fingerprint density at radius 1 is 1.05 bits per heavy atom. The second-order valence-electron chi connectivity index (χ2n) is 4.64. The van der Waals surface area contributed by atoms with Crippen LogP contribution >= 0.6 is 23.2 Å². The molecule has 0 aliphatic rings. The number of rotatable bonds is 4. The molecule has 0 heterocycles. The van der Waals surface area contributed by atoms with Gasteiger partial charge in [-0.15, -0.1) is 0 Å². The van der Waals surface area contributed by atoms with Crippen LogP contribution in [-0.2, 0) is 6.42 Å². The van der Waals surface area contributed by atoms with Crippen LogP contribution in [0.1, 0.15) is 36.1 Å². The SMILES string of the molecule is CCCc1ccc(C(N)c2cc(Cl)ccc2Cl)cc1. The van der Waals surface area contributed by atoms with Crippen molar-refractivity contribution >= 4 is 23.2 Å². The monoisotopic (exact) mass is 293 g/mol. The van der Waals surface area contributed by atoms with Crippen molar-refractivity contribution in [3.63, 3.8) is 0 Å². The maximum atomic E-state index is 6.27. The van der Waals surface area contributed by atoms with Crippen molar-refractivity contribution in [1.82, 2.24) is 0 Å². The number of aryl methyl sites for hydroxylation is 1. The molecule has 0 bridgehead atoms. The molecule has 1 atom stereocenters. The summed E-state index contributed by atoms with van der Waals surface area (Å²) in [5.74, 6) is 0. The third-order valence-electron chi connectivity index (χ3n) is 3.17. The van der Waals surface area contributed by atoms with Gasteiger partial charge in [-0.2, -0.15) is 0 Å². The molecule has 2 rings (SSSR count). The summed E-state index contributed by atoms with van der Waals surface area (Å²) in [5, 5.41) is 1.30. The largest absolute Gasteiger partial charge is 0.320 e. The Morgan fingerprint density at radius 3 is 2.37 bits per heavy atom. The number of hydrogen-bond acceptors (Lipinski definition) is 1. The Kier molecular flexibility index (Phi) is 4.87. The third kappa shape index (κ3) is 3.50. The first-order chi connectivity index (χ1) is 9.11. The van der Waals surface area contributed by atoms with Gasteiger partial charge in [0.05, 0.1) is 6.04 Å². The minimum atomic E-state index is -0.248. The topological polar surface area (TPSA) is 26.0 Å². The van der Waals surface area contributed by atoms with Crippen molar-refractivity contribution in [3.8, 4) is 0 Å². The second kappa shape index (κ2) is 6.42. The van der Waals surface area contributed by atoms with E-state index in [4.69, 9.17) is 28.9 Å². The summed E-state index contributed by atoms with van der Waals surface area (Å²) in [5.41, 5.74) is 9.50. The van der Waals surface area contributed by atoms with Crippen molar-refractivity contribution in [2.45, 2.75) is 25.8 Å². The number of benzene rings is 2. The highest BCUT2D eigenvalue weighted by Crippen LogP contribution is 2.29. The van der Waals surface area contributed by atoms with Crippen molar-refractivity contribution < 1.29 is 0 Å². The molecule has 2 aromatic rings. The zero-order valence-electron chi connectivity index (χ0n) is 10.9. The average Bonchev–Trinajstić information content (AvgIpc) is 2.42. The first-order valence-electron chi connectivity index (χ1n) is 6.41. The lowest BCUT2D eigenvalue weighted by Crippen LogP contribution is -2.12. The van der Waals surface area contributed by atoms with Crippen molar-refractivity contribution in [3.05, 3.63) is 69.2 Å². The van der Waals surface area contributed by atoms with Crippen LogP contribution in [0.4, 0.5) is 0 Å². The average molecular weight is 294 g/mol. The van der Waals surface area contributed by atoms with Gasteiger partial charge in [0.2, 0.25) is 0 Å². The van der Waals surface area contributed by atoms with Crippen LogP contribution in [-0.4, -0.2) is 0 Å². The van der Waals surface area contributed by atoms with Crippen LogP contribution in [0.15, 0.2) is 42.5 Å². The van der Waals surface area contributed by atoms with E-state index in [1.165, 1.54) is 5.56 Å². The molecule has 0 radical (unpaired) electrons. The molecule has 19 heavy (non-hydrogen) atoms. The summed E-state index contributed by atoms with van der Waals surface area (Å²) in [6.07, 6.45) is 2.24. The lowest BCUT2D eigenvalue weighted by Gasteiger charge is -2.15. The van der Waals surface area contributed by atoms with Gasteiger partial charge in [0.15, 0.2) is 0 Å². The molecule has 1 unspecified atom stereocenters. The Bertz CT molecular complexity index is 549. The smallest absolute Gasteiger partial charge is 0.0566 e. The molecule has 2 aromatic carbocycles. The molecule has 3 heteroatoms. The summed E-state index contributed by atoms with van der Waals surface area (Å²) in [7, 11) is 0. The van der Waals surface area contributed by atoms with Crippen LogP contribution in [0.3, 0.4) is 0 Å². The highest BCUT2D eigenvalue weighted by molar-refractivity contribution is 6.33. The van der Waals surface area contributed by atoms with E-state index >= 15 is 0 Å². The molecule has 100 valence electrons. The molecular formula is C16H17Cl2N. The molecule has 0 amide bonds. The normalized spacial score (nSPS) is 12.4. The van der Waals surface area contributed by atoms with Gasteiger partial charge in [0, 0.05) is 10.0 Å². The molecule has 0 aromatic heterocycles. The molecule has 2 N–H and O–H groups in total. The third-order valence-corrected chi connectivity index (χ3v) is 3.75. The van der Waals surface area contributed by atoms with E-state index in [1.54, 1.807) is 12.1 Å². The Morgan fingerprint density at radius 2 is 1.74 bits per heavy atom. The first kappa shape index (κ1) is 14.4. The Labute approximate surface area is 124 Å². The fourth-order valence-electron chi connectivity index (χ4n) is 2.11. The molecular weight excluding hydrogens is 277 g/mol. The molecule has 0 fully saturated rings. The van der Waals surface area contributed by atoms with Gasteiger partial charge in [-0.05, 0) is 41.3 Å². The van der Waals surface area contributed by atoms with Crippen molar-refractivity contribution in [1.29, 1.82) is 0 Å². The van der Waals surface area contributed by atoms with Crippen LogP contribution in [0.2, 0.25) is 10.0 Å². The van der Waals surface area contributed by atoms with Crippen LogP contribution < -0.4 is 5.73 Å². The summed E-state index contributed by atoms with van der Waals surface area (Å²) in [6.45, 7) is 2.17. The second-order valence-corrected chi connectivity index (χ2v) is 5.48. The summed E-state index contributed by atoms with van der Waals surface area (Å²) in [6, 6.07) is 13.5. The summed E-state index contributed by atoms with van der Waals surface area (Å²) >= 11 is 12.2. The highest BCUT2D eigenvalue weighted by atomic mass is 35.5. The van der Waals surface area contributed by atoms with E-state index in [0.29, 0.717) is 10.0 Å². The predicted octanol–water partition coefficient (Wildman–Crippen LogP) is 4.99. The fourth-order valence-corrected chi connectivity index (χ4v) is 2.53. The highest BCUT2D eigenvalue weighted by Gasteiger charge is 2.13. The van der Waals surface area contributed by atoms with E-state index in [9.17, 15) is 0 Å². The zero-order chi connectivity index (χ0) is 13.8. The summed E-state index contributed by atoms with van der Waals surface area (Å²) in [4.78, 5) is 0. The van der Waals surface area contributed by atoms with Gasteiger partial charge in [-0.25, -0.2) is 0 Å². The minimum absolute atomic E-state index is 0.248. The predicted molar refractivity (Wildman–Crippen MR) is 82.9 cm³/mol. The van der Waals surface area contributed by atoms with Gasteiger partial charge in [0.25, 0.3) is 0 Å². The van der Waals surface area contributed by atoms with E-state index in [-0.39, 0.29) is 6.04 Å². The maximum absolute atomic E-state index is 6.27. The Balaban J connectivity index is 2.27. The van der Waals surface area contributed by atoms with E-state index in [2.05, 4.69) is 31.2 Å². The number of halogens is 2. The summed E-state index contributed by atoms with van der Waals surface area (Å²) < 4.78 is 0. The van der Waals surface area contributed by atoms with Gasteiger partial charge < -0.3 is 5.73 Å². The lowest BCUT2D eigenvalue weighted by atomic mass is 9.98. The number of nitrogens with two attached hydrogens (primary N) is 1. The molecule has 0 aliphatic heterocycles. The van der Waals surface area contributed by atoms with E-state index in [0.717, 1.165) is 24.0 Å². The van der Waals surface area contributed by atoms with Gasteiger partial charge >= 0.3 is 0 Å². The van der Waals surface area contributed by atoms with Crippen molar-refractivity contribution in [2.24, 2.45) is 5.73 Å². The van der Waals surface area contributed by atoms with Crippen LogP contribution in [0.5, 0.6) is 0 Å². The first-order valence-corrected chi connectivity index (χ1v) is 7.16. The molecule has 1 nitrogen and oxygen atoms in total. The molecule has 0 saturated heterocycles. The Hall–Kier alpha value is -1.02. The lowest BCUT2D eigenvalue weighted by molar-refractivity contribution is 0.865. The minimum Gasteiger partial charge on any atom is -0.320 e. The van der Waals surface area contributed by atoms with Crippen LogP contribution in [0.25, 0.3) is 0 Å². The van der Waals surface area contributed by atoms with Gasteiger partial charge in [0.1, 0.15) is 0 Å². The quantitative estimate of drug-likeness (QED) is 0.844. The van der Waals surface area contributed by atoms with Gasteiger partial charge in [-0.3, -0.25) is 0 Å². The fraction of sp³-hybridized carbons (Fsp3) is 0.250. The molecule has 0 aliphatic carbocycles. The maximum Gasteiger partial charge on any atom is 0.0566 e. The standard InChI is InChI=1S/C16H17Cl2N/c1-2-3-11-4-6-12(7-5-11)16(19)14-10-13(17)8-9-15(14)18/h4-10,16H,2-3,19H2,1H3. The molecule has 0 spiro atoms. The van der Waals surface area contributed by atoms with Crippen LogP contribution in [0, 0.1) is 0 Å². The van der Waals surface area contributed by atoms with Gasteiger partial charge in [-0.1, -0.05) is 60.8 Å². The molecule has 0 saturated carbocycles. The van der Waals surface area contributed by atoms with Crippen molar-refractivity contribution in [2.75, 3.05) is 0 Å². The zero-order valence-corrected chi connectivity index (χ0v) is 12.4. The van der Waals surface area contributed by atoms with E-state index in [1.807, 2.05) is 6.07 Å². The number of hydrogen-bond donors (Lipinski definition) is 1. The van der Waals surface area contributed by atoms with E-state index < -0.39 is 0 Å².